The number of carbonyl (C=O) groups is 1. The number of hydrogen-bond acceptors (Lipinski definition) is 4. The fraction of sp³-hybridized carbons (Fsp3) is 0.343. The molecule has 0 radical (unpaired) electrons. The van der Waals surface area contributed by atoms with Crippen LogP contribution in [0, 0.1) is 0 Å². The number of nitrogens with zero attached hydrogens (tertiary/aromatic N) is 2. The molecular weight excluding hydrogens is 512 g/mol. The first-order valence-corrected chi connectivity index (χ1v) is 14.6. The van der Waals surface area contributed by atoms with Crippen molar-refractivity contribution in [1.82, 2.24) is 9.80 Å². The Morgan fingerprint density at radius 1 is 0.585 bits per heavy atom. The lowest BCUT2D eigenvalue weighted by atomic mass is 9.91. The molecule has 0 saturated carbocycles. The van der Waals surface area contributed by atoms with Crippen molar-refractivity contribution in [3.8, 4) is 0 Å². The van der Waals surface area contributed by atoms with Crippen molar-refractivity contribution in [3.05, 3.63) is 120 Å². The molecule has 4 aromatic carbocycles. The van der Waals surface area contributed by atoms with Crippen LogP contribution in [0.3, 0.4) is 0 Å². The summed E-state index contributed by atoms with van der Waals surface area (Å²) in [7, 11) is 0. The Hall–Kier alpha value is -3.71. The van der Waals surface area contributed by atoms with Gasteiger partial charge in [-0.05, 0) is 65.6 Å². The SMILES string of the molecule is O=C1N(CCCCCO)[C@H](Cc2ccccc2)[C@H](O)[C@H](O)[C@@H](Cc2ccccc2)N1Cc1ccc2ccccc2c1. The Bertz CT molecular complexity index is 1400. The monoisotopic (exact) mass is 552 g/mol. The molecule has 1 aliphatic heterocycles. The second-order valence-electron chi connectivity index (χ2n) is 11.1. The lowest BCUT2D eigenvalue weighted by molar-refractivity contribution is -0.0402. The number of hydrogen-bond donors (Lipinski definition) is 3. The van der Waals surface area contributed by atoms with Gasteiger partial charge in [-0.2, -0.15) is 0 Å². The third-order valence-corrected chi connectivity index (χ3v) is 8.23. The number of benzene rings is 4. The second-order valence-corrected chi connectivity index (χ2v) is 11.1. The van der Waals surface area contributed by atoms with E-state index in [2.05, 4.69) is 24.3 Å². The number of carbonyl (C=O) groups excluding carboxylic acids is 1. The van der Waals surface area contributed by atoms with Gasteiger partial charge in [0, 0.05) is 19.7 Å². The molecule has 6 heteroatoms. The van der Waals surface area contributed by atoms with Gasteiger partial charge in [0.1, 0.15) is 12.2 Å². The summed E-state index contributed by atoms with van der Waals surface area (Å²) in [6.07, 6.45) is 0.723. The molecule has 4 atom stereocenters. The Morgan fingerprint density at radius 2 is 1.15 bits per heavy atom. The minimum absolute atomic E-state index is 0.107. The fourth-order valence-electron chi connectivity index (χ4n) is 6.00. The summed E-state index contributed by atoms with van der Waals surface area (Å²) in [5.74, 6) is 0. The molecule has 0 aliphatic carbocycles. The standard InChI is InChI=1S/C35H40N2O4/c38-21-11-3-10-20-36-31(23-26-12-4-1-5-13-26)33(39)34(40)32(24-27-14-6-2-7-15-27)37(35(36)41)25-28-18-19-29-16-8-9-17-30(29)22-28/h1-2,4-9,12-19,22,31-34,38-40H,3,10-11,20-21,23-25H2/t31-,32-,33+,34-/m1/s1. The predicted octanol–water partition coefficient (Wildman–Crippen LogP) is 5.18. The normalized spacial score (nSPS) is 21.3. The van der Waals surface area contributed by atoms with Crippen molar-refractivity contribution in [1.29, 1.82) is 0 Å². The van der Waals surface area contributed by atoms with Crippen LogP contribution in [0.25, 0.3) is 10.8 Å². The first-order valence-electron chi connectivity index (χ1n) is 14.6. The van der Waals surface area contributed by atoms with Gasteiger partial charge in [0.05, 0.1) is 12.1 Å². The van der Waals surface area contributed by atoms with E-state index in [0.29, 0.717) is 38.8 Å². The van der Waals surface area contributed by atoms with Gasteiger partial charge in [-0.25, -0.2) is 4.79 Å². The molecule has 0 bridgehead atoms. The minimum atomic E-state index is -1.14. The van der Waals surface area contributed by atoms with Gasteiger partial charge in [0.2, 0.25) is 0 Å². The van der Waals surface area contributed by atoms with Crippen molar-refractivity contribution in [3.63, 3.8) is 0 Å². The second kappa shape index (κ2) is 13.8. The molecule has 2 amide bonds. The van der Waals surface area contributed by atoms with Gasteiger partial charge < -0.3 is 25.1 Å². The van der Waals surface area contributed by atoms with Gasteiger partial charge >= 0.3 is 6.03 Å². The Balaban J connectivity index is 1.53. The fourth-order valence-corrected chi connectivity index (χ4v) is 6.00. The molecule has 0 aromatic heterocycles. The maximum Gasteiger partial charge on any atom is 0.321 e. The van der Waals surface area contributed by atoms with Crippen LogP contribution in [-0.2, 0) is 19.4 Å². The zero-order chi connectivity index (χ0) is 28.6. The molecular formula is C35H40N2O4. The first-order chi connectivity index (χ1) is 20.0. The minimum Gasteiger partial charge on any atom is -0.396 e. The molecule has 1 fully saturated rings. The molecule has 0 spiro atoms. The average molecular weight is 553 g/mol. The van der Waals surface area contributed by atoms with E-state index in [0.717, 1.165) is 33.9 Å². The number of aliphatic hydroxyl groups is 3. The Kier molecular flexibility index (Phi) is 9.67. The summed E-state index contributed by atoms with van der Waals surface area (Å²) in [4.78, 5) is 18.1. The number of aliphatic hydroxyl groups excluding tert-OH is 3. The average Bonchev–Trinajstić information content (AvgIpc) is 3.07. The topological polar surface area (TPSA) is 84.2 Å². The van der Waals surface area contributed by atoms with Crippen LogP contribution in [0.15, 0.2) is 103 Å². The van der Waals surface area contributed by atoms with Crippen molar-refractivity contribution < 1.29 is 20.1 Å². The molecule has 41 heavy (non-hydrogen) atoms. The molecule has 3 N–H and O–H groups in total. The van der Waals surface area contributed by atoms with Gasteiger partial charge in [-0.3, -0.25) is 0 Å². The van der Waals surface area contributed by atoms with Crippen LogP contribution in [0.5, 0.6) is 0 Å². The van der Waals surface area contributed by atoms with Gasteiger partial charge in [-0.15, -0.1) is 0 Å². The van der Waals surface area contributed by atoms with E-state index < -0.39 is 24.3 Å². The highest BCUT2D eigenvalue weighted by atomic mass is 16.3. The Morgan fingerprint density at radius 3 is 1.76 bits per heavy atom. The van der Waals surface area contributed by atoms with E-state index in [4.69, 9.17) is 0 Å². The van der Waals surface area contributed by atoms with Crippen molar-refractivity contribution in [2.24, 2.45) is 0 Å². The van der Waals surface area contributed by atoms with Crippen LogP contribution >= 0.6 is 0 Å². The molecule has 5 rings (SSSR count). The number of fused-ring (bicyclic) bond motifs is 1. The summed E-state index contributed by atoms with van der Waals surface area (Å²) in [5.41, 5.74) is 2.97. The van der Waals surface area contributed by atoms with Crippen LogP contribution in [-0.4, -0.2) is 68.6 Å². The zero-order valence-corrected chi connectivity index (χ0v) is 23.4. The smallest absolute Gasteiger partial charge is 0.321 e. The zero-order valence-electron chi connectivity index (χ0n) is 23.4. The lowest BCUT2D eigenvalue weighted by Crippen LogP contribution is -2.51. The third-order valence-electron chi connectivity index (χ3n) is 8.23. The summed E-state index contributed by atoms with van der Waals surface area (Å²) < 4.78 is 0. The molecule has 214 valence electrons. The van der Waals surface area contributed by atoms with Crippen LogP contribution < -0.4 is 0 Å². The van der Waals surface area contributed by atoms with Crippen molar-refractivity contribution in [2.75, 3.05) is 13.2 Å². The van der Waals surface area contributed by atoms with Crippen LogP contribution in [0.1, 0.15) is 36.0 Å². The summed E-state index contributed by atoms with van der Waals surface area (Å²) in [5, 5.41) is 35.1. The first kappa shape index (κ1) is 28.8. The maximum absolute atomic E-state index is 14.5. The molecule has 1 aliphatic rings. The molecule has 1 saturated heterocycles. The molecule has 0 unspecified atom stereocenters. The molecule has 4 aromatic rings. The third kappa shape index (κ3) is 6.96. The highest BCUT2D eigenvalue weighted by Crippen LogP contribution is 2.29. The molecule has 6 nitrogen and oxygen atoms in total. The van der Waals surface area contributed by atoms with E-state index >= 15 is 0 Å². The van der Waals surface area contributed by atoms with Crippen LogP contribution in [0.4, 0.5) is 4.79 Å². The highest BCUT2D eigenvalue weighted by molar-refractivity contribution is 5.83. The number of unbranched alkanes of at least 4 members (excludes halogenated alkanes) is 2. The predicted molar refractivity (Wildman–Crippen MR) is 162 cm³/mol. The summed E-state index contributed by atoms with van der Waals surface area (Å²) in [6, 6.07) is 32.6. The van der Waals surface area contributed by atoms with Gasteiger partial charge in [-0.1, -0.05) is 97.1 Å². The van der Waals surface area contributed by atoms with Crippen molar-refractivity contribution >= 4 is 16.8 Å². The number of urea groups is 1. The summed E-state index contributed by atoms with van der Waals surface area (Å²) in [6.45, 7) is 0.860. The van der Waals surface area contributed by atoms with E-state index in [1.54, 1.807) is 9.80 Å². The lowest BCUT2D eigenvalue weighted by Gasteiger charge is -2.36. The molecule has 1 heterocycles. The quantitative estimate of drug-likeness (QED) is 0.224. The van der Waals surface area contributed by atoms with E-state index in [1.807, 2.05) is 78.9 Å². The van der Waals surface area contributed by atoms with Gasteiger partial charge in [0.15, 0.2) is 0 Å². The van der Waals surface area contributed by atoms with Crippen LogP contribution in [0.2, 0.25) is 0 Å². The van der Waals surface area contributed by atoms with E-state index in [-0.39, 0.29) is 12.6 Å². The van der Waals surface area contributed by atoms with Crippen molar-refractivity contribution in [2.45, 2.75) is 62.9 Å². The van der Waals surface area contributed by atoms with E-state index in [9.17, 15) is 20.1 Å². The van der Waals surface area contributed by atoms with Gasteiger partial charge in [0.25, 0.3) is 0 Å². The number of amides is 2. The summed E-state index contributed by atoms with van der Waals surface area (Å²) >= 11 is 0. The van der Waals surface area contributed by atoms with E-state index in [1.165, 1.54) is 0 Å². The Labute approximate surface area is 242 Å². The number of rotatable bonds is 11. The maximum atomic E-state index is 14.5. The largest absolute Gasteiger partial charge is 0.396 e. The highest BCUT2D eigenvalue weighted by Gasteiger charge is 2.46.